The molecule has 39 heavy (non-hydrogen) atoms. The fourth-order valence-corrected chi connectivity index (χ4v) is 3.63. The van der Waals surface area contributed by atoms with Crippen molar-refractivity contribution in [2.75, 3.05) is 0 Å². The predicted molar refractivity (Wildman–Crippen MR) is 173 cm³/mol. The van der Waals surface area contributed by atoms with E-state index in [1.807, 2.05) is 26.2 Å². The van der Waals surface area contributed by atoms with E-state index >= 15 is 0 Å². The lowest BCUT2D eigenvalue weighted by molar-refractivity contribution is 0.736. The largest absolute Gasteiger partial charge is 0.341 e. The molecule has 0 bridgehead atoms. The monoisotopic (exact) mass is 548 g/mol. The molecule has 6 N–H and O–H groups in total. The lowest BCUT2D eigenvalue weighted by Gasteiger charge is -2.01. The second kappa shape index (κ2) is 22.4. The molecule has 0 radical (unpaired) electrons. The summed E-state index contributed by atoms with van der Waals surface area (Å²) in [6.07, 6.45) is 19.6. The molecular weight excluding hydrogens is 500 g/mol. The maximum atomic E-state index is 5.61. The molecule has 0 fully saturated rings. The van der Waals surface area contributed by atoms with Crippen LogP contribution in [0.15, 0.2) is 48.8 Å². The molecule has 4 aromatic rings. The van der Waals surface area contributed by atoms with Crippen LogP contribution >= 0.6 is 11.3 Å². The van der Waals surface area contributed by atoms with Gasteiger partial charge in [-0.2, -0.15) is 0 Å². The van der Waals surface area contributed by atoms with E-state index in [-0.39, 0.29) is 0 Å². The Balaban J connectivity index is 0. The van der Waals surface area contributed by atoms with Gasteiger partial charge in [0.1, 0.15) is 11.6 Å². The van der Waals surface area contributed by atoms with Gasteiger partial charge < -0.3 is 21.4 Å². The summed E-state index contributed by atoms with van der Waals surface area (Å²) in [5.41, 5.74) is 15.4. The summed E-state index contributed by atoms with van der Waals surface area (Å²) in [7, 11) is 0. The van der Waals surface area contributed by atoms with Gasteiger partial charge in [0.05, 0.1) is 41.7 Å². The molecule has 0 aliphatic rings. The summed E-state index contributed by atoms with van der Waals surface area (Å²) in [6.45, 7) is 17.8. The van der Waals surface area contributed by atoms with Gasteiger partial charge in [0.25, 0.3) is 0 Å². The number of rotatable bonds is 5. The molecule has 6 nitrogen and oxygen atoms in total. The van der Waals surface area contributed by atoms with Crippen molar-refractivity contribution in [3.63, 3.8) is 0 Å². The summed E-state index contributed by atoms with van der Waals surface area (Å²) in [5.74, 6) is 3.25. The first-order valence-electron chi connectivity index (χ1n) is 13.1. The number of aromatic nitrogens is 4. The molecule has 0 spiro atoms. The van der Waals surface area contributed by atoms with Gasteiger partial charge in [-0.3, -0.25) is 0 Å². The molecule has 0 saturated carbocycles. The number of terminal acetylenes is 2. The fraction of sp³-hybridized carbons (Fsp3) is 0.375. The Morgan fingerprint density at radius 3 is 1.41 bits per heavy atom. The number of nitrogens with two attached hydrogens (primary N) is 2. The van der Waals surface area contributed by atoms with Crippen molar-refractivity contribution in [3.05, 3.63) is 60.4 Å². The summed E-state index contributed by atoms with van der Waals surface area (Å²) >= 11 is 1.72. The zero-order valence-corrected chi connectivity index (χ0v) is 25.8. The van der Waals surface area contributed by atoms with Gasteiger partial charge in [-0.1, -0.05) is 79.7 Å². The quantitative estimate of drug-likeness (QED) is 0.190. The van der Waals surface area contributed by atoms with Crippen molar-refractivity contribution in [2.45, 2.75) is 68.5 Å². The van der Waals surface area contributed by atoms with Crippen LogP contribution in [0.25, 0.3) is 32.3 Å². The molecular formula is C32H48N6S. The highest BCUT2D eigenvalue weighted by Crippen LogP contribution is 2.34. The average molecular weight is 549 g/mol. The first-order valence-corrected chi connectivity index (χ1v) is 13.9. The maximum absolute atomic E-state index is 5.61. The van der Waals surface area contributed by atoms with E-state index in [9.17, 15) is 0 Å². The van der Waals surface area contributed by atoms with Crippen molar-refractivity contribution in [2.24, 2.45) is 23.3 Å². The molecule has 0 aliphatic carbocycles. The highest BCUT2D eigenvalue weighted by atomic mass is 32.1. The second-order valence-electron chi connectivity index (χ2n) is 9.10. The van der Waals surface area contributed by atoms with Gasteiger partial charge >= 0.3 is 0 Å². The predicted octanol–water partition coefficient (Wildman–Crippen LogP) is 7.96. The Morgan fingerprint density at radius 2 is 1.00 bits per heavy atom. The number of nitrogens with one attached hydrogen (secondary N) is 2. The van der Waals surface area contributed by atoms with Crippen LogP contribution in [0.5, 0.6) is 0 Å². The number of thiophene rings is 1. The first-order chi connectivity index (χ1) is 18.7. The molecule has 1 aromatic carbocycles. The number of nitrogens with zero attached hydrogens (tertiary/aromatic N) is 2. The van der Waals surface area contributed by atoms with E-state index in [2.05, 4.69) is 124 Å². The van der Waals surface area contributed by atoms with E-state index < -0.39 is 0 Å². The minimum Gasteiger partial charge on any atom is -0.341 e. The summed E-state index contributed by atoms with van der Waals surface area (Å²) in [5, 5.41) is 0. The minimum absolute atomic E-state index is 0.412. The van der Waals surface area contributed by atoms with Crippen LogP contribution in [-0.2, 0) is 13.1 Å². The third-order valence-electron chi connectivity index (χ3n) is 4.00. The van der Waals surface area contributed by atoms with Crippen LogP contribution in [0.3, 0.4) is 0 Å². The van der Waals surface area contributed by atoms with Crippen LogP contribution in [-0.4, -0.2) is 19.9 Å². The number of hydrogen-bond donors (Lipinski definition) is 4. The zero-order valence-electron chi connectivity index (χ0n) is 25.0. The van der Waals surface area contributed by atoms with Crippen LogP contribution in [0.4, 0.5) is 0 Å². The molecule has 7 heteroatoms. The van der Waals surface area contributed by atoms with Gasteiger partial charge in [-0.15, -0.1) is 37.0 Å². The Morgan fingerprint density at radius 1 is 0.641 bits per heavy atom. The Bertz CT molecular complexity index is 1140. The van der Waals surface area contributed by atoms with Crippen molar-refractivity contribution in [3.8, 4) is 58.0 Å². The molecule has 0 aliphatic heterocycles. The van der Waals surface area contributed by atoms with E-state index in [0.29, 0.717) is 13.1 Å². The summed E-state index contributed by atoms with van der Waals surface area (Å²) in [4.78, 5) is 17.3. The minimum atomic E-state index is 0.412. The van der Waals surface area contributed by atoms with Crippen LogP contribution in [0.2, 0.25) is 0 Å². The van der Waals surface area contributed by atoms with Crippen molar-refractivity contribution in [1.82, 2.24) is 19.9 Å². The van der Waals surface area contributed by atoms with Gasteiger partial charge in [0, 0.05) is 4.88 Å². The van der Waals surface area contributed by atoms with Crippen LogP contribution < -0.4 is 11.5 Å². The Labute approximate surface area is 241 Å². The van der Waals surface area contributed by atoms with Crippen molar-refractivity contribution in [1.29, 1.82) is 0 Å². The smallest absolute Gasteiger partial charge is 0.120 e. The third-order valence-corrected chi connectivity index (χ3v) is 5.16. The summed E-state index contributed by atoms with van der Waals surface area (Å²) in [6, 6.07) is 12.6. The summed E-state index contributed by atoms with van der Waals surface area (Å²) < 4.78 is 0. The van der Waals surface area contributed by atoms with Crippen molar-refractivity contribution >= 4 is 11.3 Å². The lowest BCUT2D eigenvalue weighted by Crippen LogP contribution is -1.97. The zero-order chi connectivity index (χ0) is 30.4. The maximum Gasteiger partial charge on any atom is 0.120 e. The molecule has 3 aromatic heterocycles. The Kier molecular flexibility index (Phi) is 21.5. The topological polar surface area (TPSA) is 109 Å². The first kappa shape index (κ1) is 37.5. The van der Waals surface area contributed by atoms with E-state index in [4.69, 9.17) is 11.5 Å². The molecule has 4 rings (SSSR count). The van der Waals surface area contributed by atoms with E-state index in [0.717, 1.165) is 45.3 Å². The highest BCUT2D eigenvalue weighted by molar-refractivity contribution is 7.18. The van der Waals surface area contributed by atoms with E-state index in [1.165, 1.54) is 10.4 Å². The van der Waals surface area contributed by atoms with E-state index in [1.54, 1.807) is 11.3 Å². The van der Waals surface area contributed by atoms with Crippen LogP contribution in [0, 0.1) is 37.5 Å². The highest BCUT2D eigenvalue weighted by Gasteiger charge is 2.08. The molecule has 0 atom stereocenters. The molecule has 3 heterocycles. The number of H-pyrrole nitrogens is 2. The van der Waals surface area contributed by atoms with Crippen molar-refractivity contribution < 1.29 is 0 Å². The second-order valence-corrected chi connectivity index (χ2v) is 10.2. The lowest BCUT2D eigenvalue weighted by atomic mass is 10.1. The normalized spacial score (nSPS) is 9.23. The standard InChI is InChI=1S/C18H18N6S.2C4H10.C2H6.2C2H2/c19-7-17-21-9-13(23-17)11-1-3-12(4-2-11)15-5-6-16(25-15)14-10-22-18(8-20)24-14;2*1-4(2)3;3*1-2/h1-6,9-10H,7-8,19-20H2,(H,21,23)(H,22,24);2*4H,1-3H3;1-2H3;2*1-2H. The molecule has 0 saturated heterocycles. The van der Waals surface area contributed by atoms with Gasteiger partial charge in [0.15, 0.2) is 0 Å². The number of benzene rings is 1. The number of hydrogen-bond acceptors (Lipinski definition) is 5. The van der Waals surface area contributed by atoms with Gasteiger partial charge in [0.2, 0.25) is 0 Å². The van der Waals surface area contributed by atoms with Gasteiger partial charge in [-0.25, -0.2) is 9.97 Å². The SMILES string of the molecule is C#C.C#C.CC.CC(C)C.CC(C)C.NCc1ncc(-c2ccc(-c3ccc(-c4cnc(CN)[nH]4)s3)cc2)[nH]1. The van der Waals surface area contributed by atoms with Crippen LogP contribution in [0.1, 0.15) is 67.0 Å². The third kappa shape index (κ3) is 14.8. The molecule has 0 amide bonds. The number of aromatic amines is 2. The molecule has 212 valence electrons. The molecule has 0 unspecified atom stereocenters. The average Bonchev–Trinajstić information content (AvgIpc) is 3.72. The number of imidazole rings is 2. The Hall–Kier alpha value is -3.62. The fourth-order valence-electron chi connectivity index (χ4n) is 2.66. The van der Waals surface area contributed by atoms with Gasteiger partial charge in [-0.05, 0) is 35.1 Å².